The Balaban J connectivity index is 2.02. The molecule has 0 amide bonds. The van der Waals surface area contributed by atoms with Gasteiger partial charge in [0.1, 0.15) is 0 Å². The van der Waals surface area contributed by atoms with Crippen LogP contribution in [0.4, 0.5) is 8.78 Å². The summed E-state index contributed by atoms with van der Waals surface area (Å²) < 4.78 is 27.4. The molecular formula is C15H19BrClF2N. The van der Waals surface area contributed by atoms with E-state index in [1.807, 2.05) is 25.2 Å². The van der Waals surface area contributed by atoms with Gasteiger partial charge in [0.25, 0.3) is 0 Å². The van der Waals surface area contributed by atoms with Crippen molar-refractivity contribution in [2.75, 3.05) is 7.05 Å². The van der Waals surface area contributed by atoms with Crippen LogP contribution in [0.1, 0.15) is 31.2 Å². The van der Waals surface area contributed by atoms with Crippen LogP contribution in [0.25, 0.3) is 0 Å². The van der Waals surface area contributed by atoms with Gasteiger partial charge in [-0.25, -0.2) is 8.78 Å². The number of hydrogen-bond acceptors (Lipinski definition) is 1. The number of alkyl halides is 2. The molecule has 0 radical (unpaired) electrons. The van der Waals surface area contributed by atoms with Gasteiger partial charge in [-0.2, -0.15) is 0 Å². The topological polar surface area (TPSA) is 12.0 Å². The van der Waals surface area contributed by atoms with Gasteiger partial charge in [0.2, 0.25) is 5.92 Å². The zero-order valence-corrected chi connectivity index (χ0v) is 13.8. The van der Waals surface area contributed by atoms with E-state index in [1.54, 1.807) is 0 Å². The van der Waals surface area contributed by atoms with E-state index in [1.165, 1.54) is 0 Å². The van der Waals surface area contributed by atoms with Gasteiger partial charge >= 0.3 is 0 Å². The molecule has 0 bridgehead atoms. The number of benzene rings is 1. The molecule has 1 nitrogen and oxygen atoms in total. The van der Waals surface area contributed by atoms with Crippen LogP contribution in [-0.4, -0.2) is 19.0 Å². The largest absolute Gasteiger partial charge is 0.316 e. The summed E-state index contributed by atoms with van der Waals surface area (Å²) in [7, 11) is 1.89. The van der Waals surface area contributed by atoms with E-state index in [-0.39, 0.29) is 18.9 Å². The minimum absolute atomic E-state index is 0.00389. The Morgan fingerprint density at radius 2 is 2.05 bits per heavy atom. The highest BCUT2D eigenvalue weighted by Gasteiger charge is 2.37. The average Bonchev–Trinajstić information content (AvgIpc) is 2.39. The van der Waals surface area contributed by atoms with Crippen LogP contribution in [-0.2, 0) is 6.42 Å². The molecule has 0 saturated heterocycles. The Hall–Kier alpha value is -0.190. The first kappa shape index (κ1) is 16.2. The van der Waals surface area contributed by atoms with Crippen molar-refractivity contribution in [1.82, 2.24) is 5.32 Å². The Labute approximate surface area is 132 Å². The molecule has 0 aliphatic heterocycles. The first-order valence-electron chi connectivity index (χ1n) is 6.90. The van der Waals surface area contributed by atoms with E-state index < -0.39 is 5.92 Å². The van der Waals surface area contributed by atoms with Crippen molar-refractivity contribution in [2.24, 2.45) is 5.92 Å². The summed E-state index contributed by atoms with van der Waals surface area (Å²) in [5.74, 6) is -2.18. The van der Waals surface area contributed by atoms with E-state index in [9.17, 15) is 8.78 Å². The molecule has 0 heterocycles. The lowest BCUT2D eigenvalue weighted by atomic mass is 9.80. The summed E-state index contributed by atoms with van der Waals surface area (Å²) in [6.07, 6.45) is 1.94. The van der Waals surface area contributed by atoms with Gasteiger partial charge in [-0.1, -0.05) is 33.6 Å². The van der Waals surface area contributed by atoms with E-state index in [4.69, 9.17) is 11.6 Å². The van der Waals surface area contributed by atoms with Crippen LogP contribution < -0.4 is 5.32 Å². The number of rotatable bonds is 4. The van der Waals surface area contributed by atoms with Crippen molar-refractivity contribution in [1.29, 1.82) is 0 Å². The van der Waals surface area contributed by atoms with Crippen molar-refractivity contribution in [2.45, 2.75) is 44.1 Å². The number of nitrogens with one attached hydrogen (secondary N) is 1. The van der Waals surface area contributed by atoms with Crippen molar-refractivity contribution in [3.63, 3.8) is 0 Å². The molecule has 1 atom stereocenters. The van der Waals surface area contributed by atoms with Gasteiger partial charge in [-0.05, 0) is 49.9 Å². The molecule has 5 heteroatoms. The highest BCUT2D eigenvalue weighted by molar-refractivity contribution is 9.10. The van der Waals surface area contributed by atoms with Gasteiger partial charge in [0.15, 0.2) is 0 Å². The normalized spacial score (nSPS) is 20.9. The maximum absolute atomic E-state index is 13.2. The fourth-order valence-electron chi connectivity index (χ4n) is 2.89. The molecular weight excluding hydrogens is 348 g/mol. The van der Waals surface area contributed by atoms with Crippen LogP contribution in [0.15, 0.2) is 22.7 Å². The van der Waals surface area contributed by atoms with Crippen LogP contribution in [0.5, 0.6) is 0 Å². The van der Waals surface area contributed by atoms with Crippen molar-refractivity contribution < 1.29 is 8.78 Å². The minimum atomic E-state index is -2.47. The van der Waals surface area contributed by atoms with E-state index >= 15 is 0 Å². The zero-order chi connectivity index (χ0) is 14.8. The van der Waals surface area contributed by atoms with Crippen molar-refractivity contribution in [3.8, 4) is 0 Å². The smallest absolute Gasteiger partial charge is 0.248 e. The molecule has 0 spiro atoms. The lowest BCUT2D eigenvalue weighted by Crippen LogP contribution is -2.39. The molecule has 1 aromatic rings. The highest BCUT2D eigenvalue weighted by Crippen LogP contribution is 2.38. The van der Waals surface area contributed by atoms with Gasteiger partial charge in [-0.15, -0.1) is 0 Å². The third-order valence-electron chi connectivity index (χ3n) is 4.16. The van der Waals surface area contributed by atoms with E-state index in [0.29, 0.717) is 18.8 Å². The summed E-state index contributed by atoms with van der Waals surface area (Å²) in [6.45, 7) is 0. The zero-order valence-electron chi connectivity index (χ0n) is 11.4. The Morgan fingerprint density at radius 1 is 1.40 bits per heavy atom. The third-order valence-corrected chi connectivity index (χ3v) is 5.00. The van der Waals surface area contributed by atoms with E-state index in [0.717, 1.165) is 21.5 Å². The molecule has 1 aliphatic carbocycles. The van der Waals surface area contributed by atoms with Crippen molar-refractivity contribution >= 4 is 27.5 Å². The summed E-state index contributed by atoms with van der Waals surface area (Å²) in [4.78, 5) is 0. The second kappa shape index (κ2) is 6.71. The first-order valence-corrected chi connectivity index (χ1v) is 8.07. The summed E-state index contributed by atoms with van der Waals surface area (Å²) >= 11 is 9.62. The van der Waals surface area contributed by atoms with Crippen molar-refractivity contribution in [3.05, 3.63) is 33.3 Å². The predicted octanol–water partition coefficient (Wildman–Crippen LogP) is 5.06. The van der Waals surface area contributed by atoms with Gasteiger partial charge in [0, 0.05) is 28.4 Å². The first-order chi connectivity index (χ1) is 9.41. The van der Waals surface area contributed by atoms with E-state index in [2.05, 4.69) is 21.2 Å². The van der Waals surface area contributed by atoms with Gasteiger partial charge in [0.05, 0.1) is 0 Å². The molecule has 0 aromatic heterocycles. The molecule has 1 aromatic carbocycles. The molecule has 1 fully saturated rings. The monoisotopic (exact) mass is 365 g/mol. The second-order valence-corrected chi connectivity index (χ2v) is 6.85. The SMILES string of the molecule is CNC(Cc1ccc(Br)cc1Cl)C1CCC(F)(F)CC1. The van der Waals surface area contributed by atoms with Gasteiger partial charge < -0.3 is 5.32 Å². The predicted molar refractivity (Wildman–Crippen MR) is 82.6 cm³/mol. The molecule has 1 N–H and O–H groups in total. The molecule has 20 heavy (non-hydrogen) atoms. The third kappa shape index (κ3) is 4.15. The summed E-state index contributed by atoms with van der Waals surface area (Å²) in [6, 6.07) is 6.03. The molecule has 1 aliphatic rings. The van der Waals surface area contributed by atoms with Crippen LogP contribution in [0, 0.1) is 5.92 Å². The number of likely N-dealkylation sites (N-methyl/N-ethyl adjacent to an activating group) is 1. The lowest BCUT2D eigenvalue weighted by Gasteiger charge is -2.34. The fourth-order valence-corrected chi connectivity index (χ4v) is 3.64. The maximum Gasteiger partial charge on any atom is 0.248 e. The number of hydrogen-bond donors (Lipinski definition) is 1. The Kier molecular flexibility index (Phi) is 5.43. The summed E-state index contributed by atoms with van der Waals surface area (Å²) in [5, 5.41) is 4.00. The fraction of sp³-hybridized carbons (Fsp3) is 0.600. The minimum Gasteiger partial charge on any atom is -0.316 e. The number of halogens is 4. The second-order valence-electron chi connectivity index (χ2n) is 5.53. The maximum atomic E-state index is 13.2. The standard InChI is InChI=1S/C15H19BrClF2N/c1-20-14(10-4-6-15(18,19)7-5-10)8-11-2-3-12(16)9-13(11)17/h2-3,9-10,14,20H,4-8H2,1H3. The molecule has 2 rings (SSSR count). The molecule has 1 saturated carbocycles. The molecule has 112 valence electrons. The van der Waals surface area contributed by atoms with Gasteiger partial charge in [-0.3, -0.25) is 0 Å². The van der Waals surface area contributed by atoms with Crippen LogP contribution >= 0.6 is 27.5 Å². The van der Waals surface area contributed by atoms with Crippen LogP contribution in [0.2, 0.25) is 5.02 Å². The highest BCUT2D eigenvalue weighted by atomic mass is 79.9. The average molecular weight is 367 g/mol. The lowest BCUT2D eigenvalue weighted by molar-refractivity contribution is -0.0492. The quantitative estimate of drug-likeness (QED) is 0.785. The Morgan fingerprint density at radius 3 is 2.60 bits per heavy atom. The Bertz CT molecular complexity index is 457. The summed E-state index contributed by atoms with van der Waals surface area (Å²) in [5.41, 5.74) is 1.06. The molecule has 1 unspecified atom stereocenters. The van der Waals surface area contributed by atoms with Crippen LogP contribution in [0.3, 0.4) is 0 Å².